The first kappa shape index (κ1) is 12.1. The van der Waals surface area contributed by atoms with Gasteiger partial charge in [0, 0.05) is 6.07 Å². The molecule has 0 aliphatic rings. The molecular formula is C10H14N2O4. The Labute approximate surface area is 93.6 Å². The molecule has 1 rings (SSSR count). The van der Waals surface area contributed by atoms with Crippen LogP contribution in [0.3, 0.4) is 0 Å². The van der Waals surface area contributed by atoms with Gasteiger partial charge in [-0.05, 0) is 0 Å². The lowest BCUT2D eigenvalue weighted by molar-refractivity contribution is 0.306. The summed E-state index contributed by atoms with van der Waals surface area (Å²) < 4.78 is 20.6. The Kier molecular flexibility index (Phi) is 3.93. The second kappa shape index (κ2) is 5.20. The summed E-state index contributed by atoms with van der Waals surface area (Å²) >= 11 is 0. The molecular weight excluding hydrogens is 212 g/mol. The number of ether oxygens (including phenoxy) is 4. The van der Waals surface area contributed by atoms with Gasteiger partial charge in [0.1, 0.15) is 5.69 Å². The number of nitrogens with zero attached hydrogens (tertiary/aromatic N) is 1. The Bertz CT molecular complexity index is 393. The van der Waals surface area contributed by atoms with Crippen molar-refractivity contribution in [2.24, 2.45) is 5.11 Å². The van der Waals surface area contributed by atoms with Gasteiger partial charge in [0.05, 0.1) is 28.4 Å². The van der Waals surface area contributed by atoms with E-state index in [1.165, 1.54) is 28.4 Å². The van der Waals surface area contributed by atoms with Crippen LogP contribution < -0.4 is 18.9 Å². The first-order chi connectivity index (χ1) is 7.73. The van der Waals surface area contributed by atoms with Crippen LogP contribution in [0.1, 0.15) is 0 Å². The SMILES string of the molecule is COc1cc(N=N)c(OC)c(OC)c1OC. The van der Waals surface area contributed by atoms with Crippen LogP contribution in [0.2, 0.25) is 0 Å². The maximum Gasteiger partial charge on any atom is 0.209 e. The molecule has 0 saturated heterocycles. The first-order valence-corrected chi connectivity index (χ1v) is 4.47. The predicted octanol–water partition coefficient (Wildman–Crippen LogP) is 2.38. The minimum atomic E-state index is 0.317. The molecule has 0 aliphatic heterocycles. The highest BCUT2D eigenvalue weighted by Gasteiger charge is 2.21. The number of methoxy groups -OCH3 is 4. The smallest absolute Gasteiger partial charge is 0.209 e. The summed E-state index contributed by atoms with van der Waals surface area (Å²) in [6.07, 6.45) is 0. The van der Waals surface area contributed by atoms with Crippen molar-refractivity contribution in [1.29, 1.82) is 5.53 Å². The Morgan fingerprint density at radius 3 is 1.81 bits per heavy atom. The van der Waals surface area contributed by atoms with Gasteiger partial charge in [-0.25, -0.2) is 5.53 Å². The highest BCUT2D eigenvalue weighted by Crippen LogP contribution is 2.49. The molecule has 0 fully saturated rings. The lowest BCUT2D eigenvalue weighted by Crippen LogP contribution is -1.97. The van der Waals surface area contributed by atoms with Gasteiger partial charge in [0.2, 0.25) is 11.5 Å². The van der Waals surface area contributed by atoms with Gasteiger partial charge < -0.3 is 18.9 Å². The minimum Gasteiger partial charge on any atom is -0.493 e. The van der Waals surface area contributed by atoms with Crippen molar-refractivity contribution in [1.82, 2.24) is 0 Å². The molecule has 6 nitrogen and oxygen atoms in total. The van der Waals surface area contributed by atoms with Crippen molar-refractivity contribution in [3.8, 4) is 23.0 Å². The molecule has 0 aliphatic carbocycles. The maximum atomic E-state index is 7.05. The zero-order valence-corrected chi connectivity index (χ0v) is 9.66. The van der Waals surface area contributed by atoms with Crippen LogP contribution in [0, 0.1) is 5.53 Å². The highest BCUT2D eigenvalue weighted by molar-refractivity contribution is 5.70. The quantitative estimate of drug-likeness (QED) is 0.782. The van der Waals surface area contributed by atoms with Gasteiger partial charge in [0.15, 0.2) is 11.5 Å². The third kappa shape index (κ3) is 1.86. The lowest BCUT2D eigenvalue weighted by atomic mass is 10.2. The van der Waals surface area contributed by atoms with Crippen LogP contribution in [0.25, 0.3) is 0 Å². The van der Waals surface area contributed by atoms with E-state index in [1.54, 1.807) is 6.07 Å². The van der Waals surface area contributed by atoms with E-state index in [0.29, 0.717) is 28.7 Å². The highest BCUT2D eigenvalue weighted by atomic mass is 16.5. The second-order valence-electron chi connectivity index (χ2n) is 2.81. The zero-order valence-electron chi connectivity index (χ0n) is 9.66. The van der Waals surface area contributed by atoms with Crippen molar-refractivity contribution in [3.63, 3.8) is 0 Å². The van der Waals surface area contributed by atoms with E-state index in [4.69, 9.17) is 24.5 Å². The lowest BCUT2D eigenvalue weighted by Gasteiger charge is -2.16. The fourth-order valence-corrected chi connectivity index (χ4v) is 1.40. The van der Waals surface area contributed by atoms with Crippen molar-refractivity contribution >= 4 is 5.69 Å². The summed E-state index contributed by atoms with van der Waals surface area (Å²) in [6, 6.07) is 1.55. The molecule has 1 N–H and O–H groups in total. The van der Waals surface area contributed by atoms with Crippen LogP contribution in [-0.4, -0.2) is 28.4 Å². The van der Waals surface area contributed by atoms with E-state index in [1.807, 2.05) is 0 Å². The molecule has 0 saturated carbocycles. The van der Waals surface area contributed by atoms with Gasteiger partial charge in [-0.2, -0.15) is 5.11 Å². The van der Waals surface area contributed by atoms with Crippen LogP contribution in [0.15, 0.2) is 11.2 Å². The van der Waals surface area contributed by atoms with E-state index in [-0.39, 0.29) is 0 Å². The molecule has 0 unspecified atom stereocenters. The summed E-state index contributed by atoms with van der Waals surface area (Å²) in [5.74, 6) is 1.55. The van der Waals surface area contributed by atoms with Crippen molar-refractivity contribution in [2.45, 2.75) is 0 Å². The van der Waals surface area contributed by atoms with Crippen LogP contribution >= 0.6 is 0 Å². The summed E-state index contributed by atoms with van der Waals surface area (Å²) in [6.45, 7) is 0. The Morgan fingerprint density at radius 2 is 1.44 bits per heavy atom. The van der Waals surface area contributed by atoms with Gasteiger partial charge >= 0.3 is 0 Å². The molecule has 0 amide bonds. The van der Waals surface area contributed by atoms with E-state index >= 15 is 0 Å². The monoisotopic (exact) mass is 226 g/mol. The number of benzene rings is 1. The van der Waals surface area contributed by atoms with Crippen LogP contribution in [0.4, 0.5) is 5.69 Å². The summed E-state index contributed by atoms with van der Waals surface area (Å²) in [7, 11) is 5.95. The molecule has 1 aromatic rings. The number of hydrogen-bond donors (Lipinski definition) is 1. The fourth-order valence-electron chi connectivity index (χ4n) is 1.40. The molecule has 0 radical (unpaired) electrons. The van der Waals surface area contributed by atoms with E-state index in [9.17, 15) is 0 Å². The number of nitrogens with one attached hydrogen (secondary N) is 1. The number of hydrogen-bond acceptors (Lipinski definition) is 6. The van der Waals surface area contributed by atoms with Crippen molar-refractivity contribution in [2.75, 3.05) is 28.4 Å². The molecule has 16 heavy (non-hydrogen) atoms. The Balaban J connectivity index is 3.54. The Hall–Kier alpha value is -1.98. The topological polar surface area (TPSA) is 73.1 Å². The van der Waals surface area contributed by atoms with E-state index in [0.717, 1.165) is 0 Å². The standard InChI is InChI=1S/C10H14N2O4/c1-13-7-5-6(12-11)8(14-2)10(16-4)9(7)15-3/h5,11H,1-4H3. The molecule has 88 valence electrons. The first-order valence-electron chi connectivity index (χ1n) is 4.47. The Morgan fingerprint density at radius 1 is 0.875 bits per heavy atom. The largest absolute Gasteiger partial charge is 0.493 e. The molecule has 6 heteroatoms. The third-order valence-corrected chi connectivity index (χ3v) is 2.09. The van der Waals surface area contributed by atoms with Crippen molar-refractivity contribution < 1.29 is 18.9 Å². The van der Waals surface area contributed by atoms with Gasteiger partial charge in [0.25, 0.3) is 0 Å². The third-order valence-electron chi connectivity index (χ3n) is 2.09. The fraction of sp³-hybridized carbons (Fsp3) is 0.400. The molecule has 1 aromatic carbocycles. The molecule has 0 spiro atoms. The van der Waals surface area contributed by atoms with Gasteiger partial charge in [-0.15, -0.1) is 0 Å². The average molecular weight is 226 g/mol. The van der Waals surface area contributed by atoms with Crippen LogP contribution in [-0.2, 0) is 0 Å². The minimum absolute atomic E-state index is 0.317. The predicted molar refractivity (Wildman–Crippen MR) is 57.5 cm³/mol. The molecule has 0 aromatic heterocycles. The van der Waals surface area contributed by atoms with Crippen LogP contribution in [0.5, 0.6) is 23.0 Å². The maximum absolute atomic E-state index is 7.05. The number of rotatable bonds is 5. The molecule has 0 heterocycles. The van der Waals surface area contributed by atoms with Crippen molar-refractivity contribution in [3.05, 3.63) is 6.07 Å². The van der Waals surface area contributed by atoms with E-state index in [2.05, 4.69) is 5.11 Å². The second-order valence-corrected chi connectivity index (χ2v) is 2.81. The summed E-state index contributed by atoms with van der Waals surface area (Å²) in [5.41, 5.74) is 7.37. The normalized spacial score (nSPS) is 9.50. The summed E-state index contributed by atoms with van der Waals surface area (Å²) in [5, 5.41) is 3.34. The average Bonchev–Trinajstić information content (AvgIpc) is 2.35. The van der Waals surface area contributed by atoms with Gasteiger partial charge in [-0.1, -0.05) is 0 Å². The molecule has 0 bridgehead atoms. The van der Waals surface area contributed by atoms with E-state index < -0.39 is 0 Å². The summed E-state index contributed by atoms with van der Waals surface area (Å²) in [4.78, 5) is 0. The molecule has 0 atom stereocenters. The van der Waals surface area contributed by atoms with Gasteiger partial charge in [-0.3, -0.25) is 0 Å². The zero-order chi connectivity index (χ0) is 12.1.